The first kappa shape index (κ1) is 48.1. The van der Waals surface area contributed by atoms with E-state index in [9.17, 15) is 19.2 Å². The molecule has 4 heterocycles. The average molecular weight is 954 g/mol. The monoisotopic (exact) mass is 953 g/mol. The summed E-state index contributed by atoms with van der Waals surface area (Å²) in [5.41, 5.74) is 15.2. The number of aromatic nitrogens is 4. The zero-order valence-electron chi connectivity index (χ0n) is 40.4. The Bertz CT molecular complexity index is 2980. The molecular weight excluding hydrogens is 895 g/mol. The maximum absolute atomic E-state index is 12.6. The number of carbonyl (C=O) groups excluding carboxylic acids is 4. The van der Waals surface area contributed by atoms with Crippen LogP contribution in [0.2, 0.25) is 0 Å². The molecule has 0 radical (unpaired) electrons. The van der Waals surface area contributed by atoms with Crippen LogP contribution in [0.1, 0.15) is 78.2 Å². The van der Waals surface area contributed by atoms with Gasteiger partial charge in [0.05, 0.1) is 23.2 Å². The first-order valence-corrected chi connectivity index (χ1v) is 24.0. The fraction of sp³-hybridized carbons (Fsp3) is 0.321. The average Bonchev–Trinajstić information content (AvgIpc) is 4.18. The second-order valence-electron chi connectivity index (χ2n) is 19.5. The Labute approximate surface area is 414 Å². The molecule has 2 saturated carbocycles. The largest absolute Gasteiger partial charge is 0.457 e. The summed E-state index contributed by atoms with van der Waals surface area (Å²) in [6, 6.07) is 34.5. The van der Waals surface area contributed by atoms with Gasteiger partial charge in [-0.15, -0.1) is 0 Å². The number of carbonyl (C=O) groups is 4. The zero-order chi connectivity index (χ0) is 49.7. The van der Waals surface area contributed by atoms with Crippen molar-refractivity contribution in [3.05, 3.63) is 145 Å². The van der Waals surface area contributed by atoms with Crippen molar-refractivity contribution < 1.29 is 28.7 Å². The first-order valence-electron chi connectivity index (χ1n) is 24.0. The van der Waals surface area contributed by atoms with Gasteiger partial charge in [-0.1, -0.05) is 48.4 Å². The standard InChI is InChI=1S/C29H33N5O3.C27H26N4O3/c1-32(2)15-6-9-26(35)33-16-14-29(20-33)17-22(18-29)34-19-25(28(30)36)27(31-34)21-10-12-24(13-11-21)37-23-7-4-3-5-8-23;1-2-6-24(32)30-14-13-27(18-30)15-20(16-27)31-17-23(26(28)33)25(29-31)19-9-11-22(12-10-19)34-21-7-4-3-5-8-21/h3-13,19,22H,14-18,20H2,1-2H3,(H2,30,36);3-5,7-12,17,20H,13-16,18H2,1H3,(H2,28,33)/b9-6+;. The normalized spacial score (nSPS) is 21.0. The fourth-order valence-electron chi connectivity index (χ4n) is 10.4. The van der Waals surface area contributed by atoms with Gasteiger partial charge in [0.2, 0.25) is 5.91 Å². The molecule has 4 aromatic carbocycles. The van der Waals surface area contributed by atoms with Gasteiger partial charge in [-0.25, -0.2) is 0 Å². The molecule has 2 aliphatic carbocycles. The SMILES string of the molecule is CC#CC(=O)N1CCC2(CC(n3cc(C(N)=O)c(-c4ccc(Oc5ccccc5)cc4)n3)C2)C1.CN(C)C/C=C/C(=O)N1CCC2(CC(n3cc(C(N)=O)c(-c4ccc(Oc5ccccc5)cc4)n3)C2)C1. The number of benzene rings is 4. The van der Waals surface area contributed by atoms with E-state index in [1.165, 1.54) is 0 Å². The number of primary amides is 2. The van der Waals surface area contributed by atoms with Crippen LogP contribution in [-0.4, -0.2) is 105 Å². The van der Waals surface area contributed by atoms with Crippen molar-refractivity contribution >= 4 is 23.6 Å². The Morgan fingerprint density at radius 3 is 1.49 bits per heavy atom. The Morgan fingerprint density at radius 2 is 1.07 bits per heavy atom. The predicted molar refractivity (Wildman–Crippen MR) is 270 cm³/mol. The van der Waals surface area contributed by atoms with Gasteiger partial charge in [-0.3, -0.25) is 28.5 Å². The molecule has 2 aliphatic heterocycles. The smallest absolute Gasteiger partial charge is 0.298 e. The summed E-state index contributed by atoms with van der Waals surface area (Å²) >= 11 is 0. The van der Waals surface area contributed by atoms with Crippen molar-refractivity contribution in [3.8, 4) is 57.4 Å². The fourth-order valence-corrected chi connectivity index (χ4v) is 10.4. The quantitative estimate of drug-likeness (QED) is 0.0853. The molecule has 4 amide bonds. The number of nitrogens with zero attached hydrogens (tertiary/aromatic N) is 7. The van der Waals surface area contributed by atoms with E-state index >= 15 is 0 Å². The molecule has 15 heteroatoms. The van der Waals surface area contributed by atoms with Gasteiger partial charge in [0.1, 0.15) is 34.4 Å². The summed E-state index contributed by atoms with van der Waals surface area (Å²) < 4.78 is 15.5. The van der Waals surface area contributed by atoms with Crippen molar-refractivity contribution in [1.29, 1.82) is 0 Å². The van der Waals surface area contributed by atoms with Crippen molar-refractivity contribution in [3.63, 3.8) is 0 Å². The van der Waals surface area contributed by atoms with Crippen LogP contribution < -0.4 is 20.9 Å². The Kier molecular flexibility index (Phi) is 13.9. The van der Waals surface area contributed by atoms with Crippen molar-refractivity contribution in [1.82, 2.24) is 34.3 Å². The second kappa shape index (κ2) is 20.6. The molecule has 364 valence electrons. The summed E-state index contributed by atoms with van der Waals surface area (Å²) in [5, 5.41) is 9.53. The molecule has 10 rings (SSSR count). The molecule has 4 fully saturated rings. The first-order chi connectivity index (χ1) is 34.3. The predicted octanol–water partition coefficient (Wildman–Crippen LogP) is 8.13. The van der Waals surface area contributed by atoms with Crippen molar-refractivity contribution in [2.45, 2.75) is 57.5 Å². The van der Waals surface area contributed by atoms with E-state index in [0.717, 1.165) is 93.9 Å². The number of likely N-dealkylation sites (N-methyl/N-ethyl adjacent to an activating group) is 1. The minimum Gasteiger partial charge on any atom is -0.457 e. The third-order valence-electron chi connectivity index (χ3n) is 14.1. The molecule has 0 unspecified atom stereocenters. The van der Waals surface area contributed by atoms with Crippen LogP contribution in [0, 0.1) is 22.7 Å². The van der Waals surface area contributed by atoms with Gasteiger partial charge in [-0.05, 0) is 149 Å². The van der Waals surface area contributed by atoms with Crippen LogP contribution in [0.4, 0.5) is 0 Å². The molecule has 4 N–H and O–H groups in total. The highest BCUT2D eigenvalue weighted by Crippen LogP contribution is 2.55. The Balaban J connectivity index is 0.000000176. The number of hydrogen-bond donors (Lipinski definition) is 2. The van der Waals surface area contributed by atoms with Crippen LogP contribution in [0.3, 0.4) is 0 Å². The Hall–Kier alpha value is -7.96. The molecule has 4 aliphatic rings. The molecule has 2 spiro atoms. The van der Waals surface area contributed by atoms with Crippen LogP contribution in [0.5, 0.6) is 23.0 Å². The van der Waals surface area contributed by atoms with E-state index in [-0.39, 0.29) is 34.7 Å². The van der Waals surface area contributed by atoms with Crippen LogP contribution in [-0.2, 0) is 9.59 Å². The summed E-state index contributed by atoms with van der Waals surface area (Å²) in [7, 11) is 3.96. The van der Waals surface area contributed by atoms with Crippen LogP contribution >= 0.6 is 0 Å². The molecule has 15 nitrogen and oxygen atoms in total. The summed E-state index contributed by atoms with van der Waals surface area (Å²) in [6.07, 6.45) is 12.8. The maximum atomic E-state index is 12.6. The highest BCUT2D eigenvalue weighted by atomic mass is 16.5. The highest BCUT2D eigenvalue weighted by molar-refractivity contribution is 5.99. The summed E-state index contributed by atoms with van der Waals surface area (Å²) in [4.78, 5) is 54.9. The van der Waals surface area contributed by atoms with Gasteiger partial charge in [0, 0.05) is 62.3 Å². The third kappa shape index (κ3) is 10.9. The van der Waals surface area contributed by atoms with E-state index in [1.54, 1.807) is 25.4 Å². The molecule has 0 atom stereocenters. The maximum Gasteiger partial charge on any atom is 0.298 e. The lowest BCUT2D eigenvalue weighted by atomic mass is 9.65. The van der Waals surface area contributed by atoms with E-state index in [0.29, 0.717) is 34.0 Å². The molecular formula is C56H59N9O6. The van der Waals surface area contributed by atoms with Crippen molar-refractivity contribution in [2.24, 2.45) is 22.3 Å². The van der Waals surface area contributed by atoms with Gasteiger partial charge in [-0.2, -0.15) is 10.2 Å². The number of ether oxygens (including phenoxy) is 2. The molecule has 2 saturated heterocycles. The number of para-hydroxylation sites is 2. The highest BCUT2D eigenvalue weighted by Gasteiger charge is 2.51. The zero-order valence-corrected chi connectivity index (χ0v) is 40.4. The lowest BCUT2D eigenvalue weighted by Crippen LogP contribution is -2.41. The van der Waals surface area contributed by atoms with Crippen LogP contribution in [0.15, 0.2) is 134 Å². The molecule has 2 aromatic heterocycles. The third-order valence-corrected chi connectivity index (χ3v) is 14.1. The van der Waals surface area contributed by atoms with Gasteiger partial charge < -0.3 is 35.6 Å². The number of amides is 4. The van der Waals surface area contributed by atoms with Gasteiger partial charge >= 0.3 is 0 Å². The summed E-state index contributed by atoms with van der Waals surface area (Å²) in [6.45, 7) is 5.46. The number of likely N-dealkylation sites (tertiary alicyclic amines) is 2. The van der Waals surface area contributed by atoms with Gasteiger partial charge in [0.25, 0.3) is 17.7 Å². The van der Waals surface area contributed by atoms with E-state index in [2.05, 4.69) is 11.8 Å². The van der Waals surface area contributed by atoms with Crippen LogP contribution in [0.25, 0.3) is 22.5 Å². The molecule has 71 heavy (non-hydrogen) atoms. The number of rotatable bonds is 13. The topological polar surface area (TPSA) is 184 Å². The lowest BCUT2D eigenvalue weighted by molar-refractivity contribution is -0.126. The minimum absolute atomic E-state index is 0.0826. The van der Waals surface area contributed by atoms with Gasteiger partial charge in [0.15, 0.2) is 0 Å². The molecule has 0 bridgehead atoms. The second-order valence-corrected chi connectivity index (χ2v) is 19.5. The van der Waals surface area contributed by atoms with E-state index in [1.807, 2.05) is 153 Å². The van der Waals surface area contributed by atoms with E-state index < -0.39 is 11.8 Å². The minimum atomic E-state index is -0.504. The number of nitrogens with two attached hydrogens (primary N) is 2. The summed E-state index contributed by atoms with van der Waals surface area (Å²) in [5.74, 6) is 7.22. The Morgan fingerprint density at radius 1 is 0.648 bits per heavy atom. The van der Waals surface area contributed by atoms with Crippen molar-refractivity contribution in [2.75, 3.05) is 46.8 Å². The van der Waals surface area contributed by atoms with E-state index in [4.69, 9.17) is 31.1 Å². The molecule has 6 aromatic rings. The lowest BCUT2D eigenvalue weighted by Gasteiger charge is -2.45. The number of hydrogen-bond acceptors (Lipinski definition) is 9.